The van der Waals surface area contributed by atoms with Gasteiger partial charge in [0.25, 0.3) is 0 Å². The van der Waals surface area contributed by atoms with E-state index in [-0.39, 0.29) is 12.5 Å². The van der Waals surface area contributed by atoms with Crippen LogP contribution in [0.25, 0.3) is 0 Å². The van der Waals surface area contributed by atoms with Gasteiger partial charge in [-0.2, -0.15) is 0 Å². The number of carbonyl (C=O) groups is 2. The summed E-state index contributed by atoms with van der Waals surface area (Å²) < 4.78 is 4.32. The third kappa shape index (κ3) is 4.41. The number of nitrogens with zero attached hydrogens (tertiary/aromatic N) is 1. The van der Waals surface area contributed by atoms with Crippen molar-refractivity contribution in [3.8, 4) is 0 Å². The Morgan fingerprint density at radius 3 is 2.88 bits per heavy atom. The summed E-state index contributed by atoms with van der Waals surface area (Å²) in [5.74, 6) is -0.370. The largest absolute Gasteiger partial charge is 0.453 e. The summed E-state index contributed by atoms with van der Waals surface area (Å²) >= 11 is 1.63. The van der Waals surface area contributed by atoms with E-state index in [0.717, 1.165) is 0 Å². The lowest BCUT2D eigenvalue weighted by Crippen LogP contribution is -2.38. The molecule has 1 N–H and O–H groups in total. The van der Waals surface area contributed by atoms with E-state index in [0.29, 0.717) is 6.54 Å². The SMILES string of the molecule is COC(=O)NC(=O)CN(C)Cc1cccs1. The smallest absolute Gasteiger partial charge is 0.413 e. The molecule has 0 fully saturated rings. The molecule has 0 aliphatic heterocycles. The molecule has 0 atom stereocenters. The van der Waals surface area contributed by atoms with Crippen LogP contribution < -0.4 is 5.32 Å². The van der Waals surface area contributed by atoms with Gasteiger partial charge in [0.1, 0.15) is 0 Å². The minimum atomic E-state index is -0.727. The zero-order valence-electron chi connectivity index (χ0n) is 9.23. The van der Waals surface area contributed by atoms with Gasteiger partial charge in [-0.25, -0.2) is 4.79 Å². The maximum atomic E-state index is 11.3. The lowest BCUT2D eigenvalue weighted by atomic mass is 10.4. The number of hydrogen-bond donors (Lipinski definition) is 1. The van der Waals surface area contributed by atoms with Gasteiger partial charge in [0, 0.05) is 11.4 Å². The van der Waals surface area contributed by atoms with Gasteiger partial charge in [0.2, 0.25) is 5.91 Å². The van der Waals surface area contributed by atoms with Crippen LogP contribution in [-0.2, 0) is 16.1 Å². The highest BCUT2D eigenvalue weighted by atomic mass is 32.1. The van der Waals surface area contributed by atoms with Crippen molar-refractivity contribution < 1.29 is 14.3 Å². The normalized spacial score (nSPS) is 10.2. The van der Waals surface area contributed by atoms with Gasteiger partial charge in [-0.15, -0.1) is 11.3 Å². The molecule has 5 nitrogen and oxygen atoms in total. The highest BCUT2D eigenvalue weighted by Crippen LogP contribution is 2.10. The first kappa shape index (κ1) is 12.7. The van der Waals surface area contributed by atoms with Crippen molar-refractivity contribution in [3.05, 3.63) is 22.4 Å². The first-order valence-electron chi connectivity index (χ1n) is 4.70. The number of imide groups is 1. The molecule has 0 aliphatic rings. The van der Waals surface area contributed by atoms with E-state index < -0.39 is 6.09 Å². The summed E-state index contributed by atoms with van der Waals surface area (Å²) in [4.78, 5) is 25.0. The highest BCUT2D eigenvalue weighted by molar-refractivity contribution is 7.09. The van der Waals surface area contributed by atoms with Crippen LogP contribution in [0.1, 0.15) is 4.88 Å². The third-order valence-electron chi connectivity index (χ3n) is 1.85. The van der Waals surface area contributed by atoms with E-state index in [1.807, 2.05) is 29.5 Å². The molecule has 0 radical (unpaired) electrons. The van der Waals surface area contributed by atoms with Crippen molar-refractivity contribution in [1.29, 1.82) is 0 Å². The van der Waals surface area contributed by atoms with Crippen molar-refractivity contribution in [2.45, 2.75) is 6.54 Å². The number of ether oxygens (including phenoxy) is 1. The van der Waals surface area contributed by atoms with E-state index in [1.165, 1.54) is 12.0 Å². The second kappa shape index (κ2) is 6.24. The molecule has 0 aromatic carbocycles. The second-order valence-corrected chi connectivity index (χ2v) is 4.32. The average Bonchev–Trinajstić information content (AvgIpc) is 2.69. The summed E-state index contributed by atoms with van der Waals surface area (Å²) in [7, 11) is 3.04. The lowest BCUT2D eigenvalue weighted by Gasteiger charge is -2.14. The van der Waals surface area contributed by atoms with Crippen molar-refractivity contribution >= 4 is 23.3 Å². The summed E-state index contributed by atoms with van der Waals surface area (Å²) in [5.41, 5.74) is 0. The van der Waals surface area contributed by atoms with E-state index >= 15 is 0 Å². The van der Waals surface area contributed by atoms with Crippen molar-refractivity contribution in [3.63, 3.8) is 0 Å². The minimum absolute atomic E-state index is 0.160. The minimum Gasteiger partial charge on any atom is -0.453 e. The number of carbonyl (C=O) groups excluding carboxylic acids is 2. The fourth-order valence-corrected chi connectivity index (χ4v) is 1.96. The second-order valence-electron chi connectivity index (χ2n) is 3.29. The predicted octanol–water partition coefficient (Wildman–Crippen LogP) is 1.06. The third-order valence-corrected chi connectivity index (χ3v) is 2.71. The van der Waals surface area contributed by atoms with Gasteiger partial charge in [-0.05, 0) is 18.5 Å². The van der Waals surface area contributed by atoms with Crippen molar-refractivity contribution in [2.24, 2.45) is 0 Å². The monoisotopic (exact) mass is 242 g/mol. The van der Waals surface area contributed by atoms with Crippen LogP contribution in [0.2, 0.25) is 0 Å². The fraction of sp³-hybridized carbons (Fsp3) is 0.400. The van der Waals surface area contributed by atoms with Crippen molar-refractivity contribution in [2.75, 3.05) is 20.7 Å². The molecule has 88 valence electrons. The summed E-state index contributed by atoms with van der Waals surface area (Å²) in [6.07, 6.45) is -0.727. The first-order valence-corrected chi connectivity index (χ1v) is 5.58. The Bertz CT molecular complexity index is 351. The topological polar surface area (TPSA) is 58.6 Å². The first-order chi connectivity index (χ1) is 7.61. The fourth-order valence-electron chi connectivity index (χ4n) is 1.17. The molecular weight excluding hydrogens is 228 g/mol. The zero-order valence-corrected chi connectivity index (χ0v) is 10.0. The summed E-state index contributed by atoms with van der Waals surface area (Å²) in [5, 5.41) is 4.09. The van der Waals surface area contributed by atoms with E-state index in [1.54, 1.807) is 11.3 Å². The van der Waals surface area contributed by atoms with Crippen LogP contribution in [0.3, 0.4) is 0 Å². The van der Waals surface area contributed by atoms with Crippen LogP contribution >= 0.6 is 11.3 Å². The van der Waals surface area contributed by atoms with Gasteiger partial charge in [-0.1, -0.05) is 6.07 Å². The Morgan fingerprint density at radius 1 is 1.56 bits per heavy atom. The Hall–Kier alpha value is -1.40. The van der Waals surface area contributed by atoms with Gasteiger partial charge >= 0.3 is 6.09 Å². The number of alkyl carbamates (subject to hydrolysis) is 1. The molecule has 16 heavy (non-hydrogen) atoms. The Kier molecular flexibility index (Phi) is 4.94. The molecule has 6 heteroatoms. The molecule has 0 bridgehead atoms. The number of rotatable bonds is 4. The number of methoxy groups -OCH3 is 1. The highest BCUT2D eigenvalue weighted by Gasteiger charge is 2.10. The molecule has 0 saturated heterocycles. The van der Waals surface area contributed by atoms with E-state index in [2.05, 4.69) is 10.1 Å². The number of likely N-dealkylation sites (N-methyl/N-ethyl adjacent to an activating group) is 1. The van der Waals surface area contributed by atoms with Crippen LogP contribution in [0.5, 0.6) is 0 Å². The maximum Gasteiger partial charge on any atom is 0.413 e. The molecule has 0 spiro atoms. The van der Waals surface area contributed by atoms with Crippen LogP contribution in [0.4, 0.5) is 4.79 Å². The Morgan fingerprint density at radius 2 is 2.31 bits per heavy atom. The predicted molar refractivity (Wildman–Crippen MR) is 61.2 cm³/mol. The average molecular weight is 242 g/mol. The summed E-state index contributed by atoms with van der Waals surface area (Å²) in [6, 6.07) is 3.96. The quantitative estimate of drug-likeness (QED) is 0.857. The molecular formula is C10H14N2O3S. The standard InChI is InChI=1S/C10H14N2O3S/c1-12(6-8-4-3-5-16-8)7-9(13)11-10(14)15-2/h3-5H,6-7H2,1-2H3,(H,11,13,14). The van der Waals surface area contributed by atoms with Crippen molar-refractivity contribution in [1.82, 2.24) is 10.2 Å². The number of nitrogens with one attached hydrogen (secondary N) is 1. The Balaban J connectivity index is 2.31. The zero-order chi connectivity index (χ0) is 12.0. The molecule has 0 unspecified atom stereocenters. The van der Waals surface area contributed by atoms with Crippen LogP contribution in [-0.4, -0.2) is 37.6 Å². The maximum absolute atomic E-state index is 11.3. The van der Waals surface area contributed by atoms with Gasteiger partial charge in [0.15, 0.2) is 0 Å². The molecule has 1 heterocycles. The number of amides is 2. The van der Waals surface area contributed by atoms with Gasteiger partial charge in [-0.3, -0.25) is 15.0 Å². The molecule has 1 aromatic rings. The van der Waals surface area contributed by atoms with E-state index in [9.17, 15) is 9.59 Å². The summed E-state index contributed by atoms with van der Waals surface area (Å²) in [6.45, 7) is 0.846. The molecule has 2 amide bonds. The van der Waals surface area contributed by atoms with Gasteiger partial charge < -0.3 is 4.74 Å². The van der Waals surface area contributed by atoms with Crippen LogP contribution in [0, 0.1) is 0 Å². The van der Waals surface area contributed by atoms with Crippen LogP contribution in [0.15, 0.2) is 17.5 Å². The molecule has 0 saturated carbocycles. The number of hydrogen-bond acceptors (Lipinski definition) is 5. The molecule has 1 rings (SSSR count). The molecule has 1 aromatic heterocycles. The number of thiophene rings is 1. The lowest BCUT2D eigenvalue weighted by molar-refractivity contribution is -0.121. The van der Waals surface area contributed by atoms with Gasteiger partial charge in [0.05, 0.1) is 13.7 Å². The molecule has 0 aliphatic carbocycles. The van der Waals surface area contributed by atoms with E-state index in [4.69, 9.17) is 0 Å². The Labute approximate surface area is 98.0 Å².